The number of benzene rings is 1. The van der Waals surface area contributed by atoms with E-state index in [2.05, 4.69) is 47.2 Å². The maximum absolute atomic E-state index is 14.1. The Morgan fingerprint density at radius 2 is 1.53 bits per heavy atom. The molecule has 2 heterocycles. The summed E-state index contributed by atoms with van der Waals surface area (Å²) in [5.41, 5.74) is 2.64. The molecule has 0 amide bonds. The lowest BCUT2D eigenvalue weighted by molar-refractivity contribution is -0.118. The molecule has 1 aromatic carbocycles. The number of Topliss-reactive ketones (excluding diaryl/α,β-unsaturated/α-hetero) is 1. The van der Waals surface area contributed by atoms with E-state index in [1.54, 1.807) is 24.3 Å². The number of rotatable bonds is 6. The minimum atomic E-state index is -4.58. The van der Waals surface area contributed by atoms with Gasteiger partial charge in [-0.2, -0.15) is 13.2 Å². The Hall–Kier alpha value is -3.54. The lowest BCUT2D eigenvalue weighted by Gasteiger charge is -2.34. The zero-order valence-electron chi connectivity index (χ0n) is 28.9. The number of nitrogens with zero attached hydrogens (tertiary/aromatic N) is 3. The SMILES string of the molecule is CC(C)N1C2=CC(=NCC(F)(F)F)C(=C3C(=O)C(c4cc5c(cc4NS(C)(=O)=O)N(C(C)C)C(C)C5(C)C)=C3O)C=C2C(C)(C)C1C. The van der Waals surface area contributed by atoms with Crippen LogP contribution in [0, 0.1) is 5.41 Å². The molecule has 0 aromatic heterocycles. The highest BCUT2D eigenvalue weighted by Crippen LogP contribution is 2.53. The Labute approximate surface area is 275 Å². The molecule has 4 aliphatic rings. The first-order chi connectivity index (χ1) is 21.4. The van der Waals surface area contributed by atoms with Crippen LogP contribution < -0.4 is 9.62 Å². The number of hydrogen-bond donors (Lipinski definition) is 2. The summed E-state index contributed by atoms with van der Waals surface area (Å²) >= 11 is 0. The van der Waals surface area contributed by atoms with Gasteiger partial charge < -0.3 is 14.9 Å². The van der Waals surface area contributed by atoms with Crippen molar-refractivity contribution in [1.29, 1.82) is 0 Å². The summed E-state index contributed by atoms with van der Waals surface area (Å²) < 4.78 is 67.8. The third-order valence-electron chi connectivity index (χ3n) is 10.4. The van der Waals surface area contributed by atoms with E-state index in [0.717, 1.165) is 28.8 Å². The van der Waals surface area contributed by atoms with E-state index in [-0.39, 0.29) is 63.3 Å². The van der Waals surface area contributed by atoms with Gasteiger partial charge in [0.1, 0.15) is 12.3 Å². The number of alkyl halides is 3. The van der Waals surface area contributed by atoms with Crippen LogP contribution in [-0.4, -0.2) is 73.1 Å². The van der Waals surface area contributed by atoms with Gasteiger partial charge in [0.25, 0.3) is 0 Å². The van der Waals surface area contributed by atoms with Gasteiger partial charge in [-0.15, -0.1) is 0 Å². The molecule has 0 saturated carbocycles. The Morgan fingerprint density at radius 3 is 2.04 bits per heavy atom. The van der Waals surface area contributed by atoms with Gasteiger partial charge in [0, 0.05) is 57.5 Å². The third kappa shape index (κ3) is 5.59. The predicted octanol–water partition coefficient (Wildman–Crippen LogP) is 7.07. The molecule has 0 radical (unpaired) electrons. The van der Waals surface area contributed by atoms with E-state index < -0.39 is 39.7 Å². The zero-order valence-corrected chi connectivity index (χ0v) is 29.7. The number of hydrogen-bond acceptors (Lipinski definition) is 7. The topological polar surface area (TPSA) is 102 Å². The molecule has 12 heteroatoms. The Kier molecular flexibility index (Phi) is 8.14. The normalized spacial score (nSPS) is 26.2. The summed E-state index contributed by atoms with van der Waals surface area (Å²) in [6, 6.07) is 3.64. The van der Waals surface area contributed by atoms with Gasteiger partial charge in [-0.3, -0.25) is 14.5 Å². The summed E-state index contributed by atoms with van der Waals surface area (Å²) in [5, 5.41) is 11.6. The number of ketones is 1. The Morgan fingerprint density at radius 1 is 0.957 bits per heavy atom. The summed E-state index contributed by atoms with van der Waals surface area (Å²) in [5.74, 6) is -1.01. The summed E-state index contributed by atoms with van der Waals surface area (Å²) in [6.45, 7) is 19.0. The van der Waals surface area contributed by atoms with Crippen LogP contribution in [0.25, 0.3) is 5.57 Å². The van der Waals surface area contributed by atoms with Crippen LogP contribution >= 0.6 is 0 Å². The van der Waals surface area contributed by atoms with Crippen molar-refractivity contribution in [1.82, 2.24) is 4.90 Å². The van der Waals surface area contributed by atoms with Gasteiger partial charge in [0.15, 0.2) is 0 Å². The van der Waals surface area contributed by atoms with E-state index in [1.807, 2.05) is 41.5 Å². The number of anilines is 2. The number of aliphatic hydroxyl groups excluding tert-OH is 1. The van der Waals surface area contributed by atoms with Gasteiger partial charge in [0.2, 0.25) is 15.8 Å². The highest BCUT2D eigenvalue weighted by molar-refractivity contribution is 7.92. The molecule has 2 atom stereocenters. The molecule has 2 N–H and O–H groups in total. The molecule has 2 unspecified atom stereocenters. The summed E-state index contributed by atoms with van der Waals surface area (Å²) in [7, 11) is -3.80. The second kappa shape index (κ2) is 11.0. The van der Waals surface area contributed by atoms with Gasteiger partial charge in [0.05, 0.1) is 28.8 Å². The lowest BCUT2D eigenvalue weighted by Crippen LogP contribution is -2.42. The van der Waals surface area contributed by atoms with Crippen molar-refractivity contribution < 1.29 is 31.5 Å². The first-order valence-corrected chi connectivity index (χ1v) is 17.8. The molecule has 2 aliphatic carbocycles. The minimum Gasteiger partial charge on any atom is -0.506 e. The first-order valence-electron chi connectivity index (χ1n) is 15.9. The number of nitrogens with one attached hydrogen (secondary N) is 1. The van der Waals surface area contributed by atoms with Crippen molar-refractivity contribution in [3.8, 4) is 0 Å². The van der Waals surface area contributed by atoms with Crippen LogP contribution in [0.15, 0.2) is 57.5 Å². The number of halogens is 3. The van der Waals surface area contributed by atoms with Crippen molar-refractivity contribution in [2.75, 3.05) is 22.4 Å². The monoisotopic (exact) mass is 674 g/mol. The number of fused-ring (bicyclic) bond motifs is 2. The number of carbonyl (C=O) groups excluding carboxylic acids is 1. The zero-order chi connectivity index (χ0) is 35.3. The molecule has 1 saturated heterocycles. The molecular weight excluding hydrogens is 629 g/mol. The highest BCUT2D eigenvalue weighted by Gasteiger charge is 2.49. The molecule has 256 valence electrons. The molecule has 8 nitrogen and oxygen atoms in total. The Bertz CT molecular complexity index is 1830. The summed E-state index contributed by atoms with van der Waals surface area (Å²) in [4.78, 5) is 22.4. The van der Waals surface area contributed by atoms with Crippen LogP contribution in [0.2, 0.25) is 0 Å². The molecule has 2 aliphatic heterocycles. The third-order valence-corrected chi connectivity index (χ3v) is 11.0. The molecule has 0 bridgehead atoms. The van der Waals surface area contributed by atoms with Crippen LogP contribution in [0.3, 0.4) is 0 Å². The number of aliphatic hydroxyl groups is 1. The molecule has 1 fully saturated rings. The van der Waals surface area contributed by atoms with Crippen molar-refractivity contribution in [2.45, 2.75) is 105 Å². The van der Waals surface area contributed by atoms with Crippen LogP contribution in [0.1, 0.15) is 80.4 Å². The maximum atomic E-state index is 14.1. The highest BCUT2D eigenvalue weighted by atomic mass is 32.2. The van der Waals surface area contributed by atoms with Gasteiger partial charge in [-0.05, 0) is 77.0 Å². The molecule has 1 aromatic rings. The van der Waals surface area contributed by atoms with Crippen molar-refractivity contribution in [2.24, 2.45) is 10.4 Å². The van der Waals surface area contributed by atoms with Crippen molar-refractivity contribution in [3.05, 3.63) is 63.6 Å². The number of likely N-dealkylation sites (tertiary alicyclic amines) is 1. The molecular formula is C35H45F3N4O4S. The van der Waals surface area contributed by atoms with Gasteiger partial charge in [-0.25, -0.2) is 8.42 Å². The number of allylic oxidation sites excluding steroid dienone is 6. The summed E-state index contributed by atoms with van der Waals surface area (Å²) in [6.07, 6.45) is -0.299. The minimum absolute atomic E-state index is 0.00259. The van der Waals surface area contributed by atoms with Crippen LogP contribution in [0.5, 0.6) is 0 Å². The van der Waals surface area contributed by atoms with E-state index in [9.17, 15) is 31.5 Å². The van der Waals surface area contributed by atoms with Crippen molar-refractivity contribution in [3.63, 3.8) is 0 Å². The molecule has 47 heavy (non-hydrogen) atoms. The van der Waals surface area contributed by atoms with Crippen LogP contribution in [0.4, 0.5) is 24.5 Å². The number of carbonyl (C=O) groups is 1. The maximum Gasteiger partial charge on any atom is 0.407 e. The fraction of sp³-hybridized carbons (Fsp3) is 0.543. The van der Waals surface area contributed by atoms with E-state index in [1.165, 1.54) is 0 Å². The molecule has 0 spiro atoms. The first kappa shape index (κ1) is 34.8. The lowest BCUT2D eigenvalue weighted by atomic mass is 9.73. The second-order valence-corrected chi connectivity index (χ2v) is 16.6. The van der Waals surface area contributed by atoms with Crippen molar-refractivity contribution >= 4 is 38.5 Å². The van der Waals surface area contributed by atoms with Crippen LogP contribution in [-0.2, 0) is 20.2 Å². The smallest absolute Gasteiger partial charge is 0.407 e. The fourth-order valence-corrected chi connectivity index (χ4v) is 8.11. The quantitative estimate of drug-likeness (QED) is 0.313. The van der Waals surface area contributed by atoms with Gasteiger partial charge in [-0.1, -0.05) is 27.7 Å². The largest absolute Gasteiger partial charge is 0.506 e. The number of aliphatic imine (C=N–C) groups is 1. The second-order valence-electron chi connectivity index (χ2n) is 14.8. The predicted molar refractivity (Wildman–Crippen MR) is 181 cm³/mol. The number of sulfonamides is 1. The Balaban J connectivity index is 1.76. The fourth-order valence-electron chi connectivity index (χ4n) is 7.54. The standard InChI is InChI=1S/C35H45F3N4O4S/c1-17(2)41-19(5)33(7,8)23-12-21(25(14-27(23)41)39-16-35(36,37)38)29-31(43)30(32(29)44)22-13-24-28(15-26(22)40-47(11,45)46)42(18(3)4)20(6)34(24,9)10/h12-15,17-20,40,43H,16H2,1-11H3. The molecule has 5 rings (SSSR count). The van der Waals surface area contributed by atoms with E-state index in [0.29, 0.717) is 0 Å². The van der Waals surface area contributed by atoms with E-state index >= 15 is 0 Å². The van der Waals surface area contributed by atoms with E-state index in [4.69, 9.17) is 0 Å². The average molecular weight is 675 g/mol. The van der Waals surface area contributed by atoms with Gasteiger partial charge >= 0.3 is 6.18 Å². The average Bonchev–Trinajstić information content (AvgIpc) is 3.23.